The predicted molar refractivity (Wildman–Crippen MR) is 111 cm³/mol. The third-order valence-electron chi connectivity index (χ3n) is 3.68. The molecule has 0 aliphatic heterocycles. The Labute approximate surface area is 179 Å². The van der Waals surface area contributed by atoms with Crippen molar-refractivity contribution in [2.24, 2.45) is 0 Å². The highest BCUT2D eigenvalue weighted by Crippen LogP contribution is 2.26. The maximum absolute atomic E-state index is 12.5. The van der Waals surface area contributed by atoms with Crippen LogP contribution in [0.2, 0.25) is 0 Å². The highest BCUT2D eigenvalue weighted by molar-refractivity contribution is 7.98. The van der Waals surface area contributed by atoms with Crippen LogP contribution in [-0.4, -0.2) is 58.6 Å². The van der Waals surface area contributed by atoms with E-state index in [4.69, 9.17) is 9.26 Å². The quantitative estimate of drug-likeness (QED) is 0.497. The lowest BCUT2D eigenvalue weighted by Crippen LogP contribution is -2.46. The van der Waals surface area contributed by atoms with E-state index in [-0.39, 0.29) is 12.5 Å². The Morgan fingerprint density at radius 3 is 2.57 bits per heavy atom. The van der Waals surface area contributed by atoms with Gasteiger partial charge in [-0.05, 0) is 39.8 Å². The van der Waals surface area contributed by atoms with E-state index in [1.54, 1.807) is 31.2 Å². The van der Waals surface area contributed by atoms with Gasteiger partial charge in [0.25, 0.3) is 5.91 Å². The zero-order valence-electron chi connectivity index (χ0n) is 17.7. The first-order chi connectivity index (χ1) is 14.0. The van der Waals surface area contributed by atoms with E-state index in [1.165, 1.54) is 23.7 Å². The Bertz CT molecular complexity index is 907. The largest absolute Gasteiger partial charge is 0.452 e. The molecule has 1 aromatic carbocycles. The van der Waals surface area contributed by atoms with Crippen molar-refractivity contribution in [1.29, 1.82) is 0 Å². The summed E-state index contributed by atoms with van der Waals surface area (Å²) in [5, 5.41) is 6.50. The molecule has 0 saturated carbocycles. The van der Waals surface area contributed by atoms with Crippen LogP contribution in [0.1, 0.15) is 42.8 Å². The van der Waals surface area contributed by atoms with Gasteiger partial charge in [0, 0.05) is 17.5 Å². The van der Waals surface area contributed by atoms with Crippen LogP contribution in [0.4, 0.5) is 0 Å². The van der Waals surface area contributed by atoms with Gasteiger partial charge in [0.2, 0.25) is 11.8 Å². The highest BCUT2D eigenvalue weighted by Gasteiger charge is 2.20. The maximum Gasteiger partial charge on any atom is 0.339 e. The molecule has 0 unspecified atom stereocenters. The summed E-state index contributed by atoms with van der Waals surface area (Å²) >= 11 is 1.35. The summed E-state index contributed by atoms with van der Waals surface area (Å²) in [4.78, 5) is 42.6. The predicted octanol–water partition coefficient (Wildman–Crippen LogP) is 2.20. The molecule has 0 saturated heterocycles. The van der Waals surface area contributed by atoms with E-state index in [0.717, 1.165) is 0 Å². The molecule has 0 aliphatic carbocycles. The minimum Gasteiger partial charge on any atom is -0.452 e. The second-order valence-corrected chi connectivity index (χ2v) is 8.66. The number of rotatable bonds is 8. The lowest BCUT2D eigenvalue weighted by atomic mass is 10.1. The molecular formula is C20H26N4O5S. The van der Waals surface area contributed by atoms with Gasteiger partial charge >= 0.3 is 5.97 Å². The zero-order chi connectivity index (χ0) is 22.3. The van der Waals surface area contributed by atoms with Crippen molar-refractivity contribution in [2.75, 3.05) is 20.2 Å². The van der Waals surface area contributed by atoms with Gasteiger partial charge in [0.15, 0.2) is 12.4 Å². The number of hydrogen-bond donors (Lipinski definition) is 1. The highest BCUT2D eigenvalue weighted by atomic mass is 32.2. The zero-order valence-corrected chi connectivity index (χ0v) is 18.5. The summed E-state index contributed by atoms with van der Waals surface area (Å²) in [7, 11) is 1.48. The molecule has 2 amide bonds. The van der Waals surface area contributed by atoms with Crippen LogP contribution in [0, 0.1) is 6.92 Å². The van der Waals surface area contributed by atoms with E-state index < -0.39 is 24.0 Å². The van der Waals surface area contributed by atoms with Gasteiger partial charge in [0.1, 0.15) is 0 Å². The Kier molecular flexibility index (Phi) is 7.99. The monoisotopic (exact) mass is 434 g/mol. The Morgan fingerprint density at radius 1 is 1.23 bits per heavy atom. The van der Waals surface area contributed by atoms with Crippen LogP contribution in [0.25, 0.3) is 0 Å². The molecule has 30 heavy (non-hydrogen) atoms. The van der Waals surface area contributed by atoms with Crippen LogP contribution >= 0.6 is 11.8 Å². The summed E-state index contributed by atoms with van der Waals surface area (Å²) < 4.78 is 10.2. The molecule has 1 aromatic heterocycles. The van der Waals surface area contributed by atoms with Crippen molar-refractivity contribution in [3.63, 3.8) is 0 Å². The lowest BCUT2D eigenvalue weighted by Gasteiger charge is -2.23. The van der Waals surface area contributed by atoms with Crippen molar-refractivity contribution in [2.45, 2.75) is 43.9 Å². The lowest BCUT2D eigenvalue weighted by molar-refractivity contribution is -0.137. The minimum atomic E-state index is -0.624. The van der Waals surface area contributed by atoms with Gasteiger partial charge in [0.05, 0.1) is 17.9 Å². The summed E-state index contributed by atoms with van der Waals surface area (Å²) in [5.41, 5.74) is -0.0611. The molecule has 162 valence electrons. The summed E-state index contributed by atoms with van der Waals surface area (Å²) in [6.45, 7) is 6.70. The number of nitrogens with one attached hydrogen (secondary N) is 1. The Hall–Kier alpha value is -2.88. The van der Waals surface area contributed by atoms with Gasteiger partial charge < -0.3 is 19.5 Å². The third kappa shape index (κ3) is 7.51. The van der Waals surface area contributed by atoms with E-state index in [1.807, 2.05) is 20.8 Å². The molecule has 0 bridgehead atoms. The first-order valence-corrected chi connectivity index (χ1v) is 10.3. The molecule has 9 nitrogen and oxygen atoms in total. The smallest absolute Gasteiger partial charge is 0.339 e. The minimum absolute atomic E-state index is 0.121. The number of likely N-dealkylation sites (N-methyl/N-ethyl adjacent to an activating group) is 1. The van der Waals surface area contributed by atoms with Crippen LogP contribution < -0.4 is 5.32 Å². The molecule has 2 aromatic rings. The van der Waals surface area contributed by atoms with Gasteiger partial charge in [-0.1, -0.05) is 17.3 Å². The fourth-order valence-corrected chi connectivity index (χ4v) is 3.25. The molecule has 0 atom stereocenters. The average Bonchev–Trinajstić information content (AvgIpc) is 3.08. The Balaban J connectivity index is 1.89. The van der Waals surface area contributed by atoms with Crippen molar-refractivity contribution in [3.8, 4) is 0 Å². The number of carbonyl (C=O) groups is 3. The van der Waals surface area contributed by atoms with Crippen molar-refractivity contribution < 1.29 is 23.6 Å². The Morgan fingerprint density at radius 2 is 1.93 bits per heavy atom. The fourth-order valence-electron chi connectivity index (χ4n) is 2.38. The van der Waals surface area contributed by atoms with Crippen molar-refractivity contribution in [1.82, 2.24) is 20.4 Å². The van der Waals surface area contributed by atoms with Crippen LogP contribution in [0.3, 0.4) is 0 Å². The van der Waals surface area contributed by atoms with Gasteiger partial charge in [-0.3, -0.25) is 9.59 Å². The maximum atomic E-state index is 12.5. The fraction of sp³-hybridized carbons (Fsp3) is 0.450. The molecule has 1 heterocycles. The van der Waals surface area contributed by atoms with E-state index in [9.17, 15) is 14.4 Å². The number of ether oxygens (including phenoxy) is 1. The van der Waals surface area contributed by atoms with Gasteiger partial charge in [-0.15, -0.1) is 11.8 Å². The topological polar surface area (TPSA) is 115 Å². The molecule has 2 rings (SSSR count). The van der Waals surface area contributed by atoms with Gasteiger partial charge in [-0.25, -0.2) is 4.79 Å². The van der Waals surface area contributed by atoms with Crippen LogP contribution in [-0.2, 0) is 20.1 Å². The first kappa shape index (κ1) is 23.4. The number of aromatic nitrogens is 2. The third-order valence-corrected chi connectivity index (χ3v) is 4.73. The number of nitrogens with zero attached hydrogens (tertiary/aromatic N) is 3. The number of hydrogen-bond acceptors (Lipinski definition) is 8. The first-order valence-electron chi connectivity index (χ1n) is 9.28. The summed E-state index contributed by atoms with van der Waals surface area (Å²) in [6, 6.07) is 6.90. The summed E-state index contributed by atoms with van der Waals surface area (Å²) in [5.74, 6) is 0.000706. The molecule has 10 heteroatoms. The molecule has 0 spiro atoms. The van der Waals surface area contributed by atoms with E-state index in [0.29, 0.717) is 27.9 Å². The van der Waals surface area contributed by atoms with Crippen LogP contribution in [0.5, 0.6) is 0 Å². The average molecular weight is 435 g/mol. The molecule has 0 aliphatic rings. The second-order valence-electron chi connectivity index (χ2n) is 7.64. The van der Waals surface area contributed by atoms with Crippen molar-refractivity contribution >= 4 is 29.5 Å². The number of carbonyl (C=O) groups excluding carboxylic acids is 3. The van der Waals surface area contributed by atoms with Crippen molar-refractivity contribution in [3.05, 3.63) is 41.5 Å². The summed E-state index contributed by atoms with van der Waals surface area (Å²) in [6.07, 6.45) is 0. The molecule has 0 fully saturated rings. The normalized spacial score (nSPS) is 11.1. The molecule has 1 N–H and O–H groups in total. The number of amides is 2. The number of aryl methyl sites for hydroxylation is 1. The number of benzene rings is 1. The van der Waals surface area contributed by atoms with E-state index in [2.05, 4.69) is 15.5 Å². The number of thioether (sulfide) groups is 1. The second kappa shape index (κ2) is 10.2. The van der Waals surface area contributed by atoms with E-state index >= 15 is 0 Å². The number of esters is 1. The molecular weight excluding hydrogens is 408 g/mol. The van der Waals surface area contributed by atoms with Gasteiger partial charge in [-0.2, -0.15) is 4.98 Å². The standard InChI is InChI=1S/C20H26N4O5S/c1-13-21-17(29-23-13)12-30-15-9-7-6-8-14(15)19(27)28-11-18(26)24(5)10-16(25)22-20(2,3)4/h6-9H,10-12H2,1-5H3,(H,22,25). The van der Waals surface area contributed by atoms with Crippen LogP contribution in [0.15, 0.2) is 33.7 Å². The SMILES string of the molecule is Cc1noc(CSc2ccccc2C(=O)OCC(=O)N(C)CC(=O)NC(C)(C)C)n1. The molecule has 0 radical (unpaired) electrons.